The molecule has 30 heavy (non-hydrogen) atoms. The van der Waals surface area contributed by atoms with Gasteiger partial charge in [0.1, 0.15) is 0 Å². The first kappa shape index (κ1) is 22.1. The number of nitrogens with zero attached hydrogens (tertiary/aromatic N) is 2. The molecule has 1 heterocycles. The fraction of sp³-hybridized carbons (Fsp3) is 0.364. The highest BCUT2D eigenvalue weighted by Gasteiger charge is 2.21. The van der Waals surface area contributed by atoms with Gasteiger partial charge in [-0.25, -0.2) is 4.39 Å². The molecule has 2 aromatic carbocycles. The van der Waals surface area contributed by atoms with E-state index in [0.29, 0.717) is 30.2 Å². The normalized spacial score (nSPS) is 14.4. The van der Waals surface area contributed by atoms with Crippen LogP contribution in [0.25, 0.3) is 0 Å². The van der Waals surface area contributed by atoms with Gasteiger partial charge in [0.25, 0.3) is 5.91 Å². The number of halogens is 2. The maximum absolute atomic E-state index is 13.8. The number of piperazine rings is 1. The molecule has 160 valence electrons. The first-order chi connectivity index (χ1) is 14.5. The lowest BCUT2D eigenvalue weighted by Crippen LogP contribution is -2.48. The van der Waals surface area contributed by atoms with Gasteiger partial charge >= 0.3 is 0 Å². The van der Waals surface area contributed by atoms with E-state index in [0.717, 1.165) is 18.7 Å². The number of hydrogen-bond acceptors (Lipinski definition) is 4. The van der Waals surface area contributed by atoms with E-state index in [4.69, 9.17) is 16.3 Å². The zero-order valence-corrected chi connectivity index (χ0v) is 17.6. The first-order valence-corrected chi connectivity index (χ1v) is 10.2. The van der Waals surface area contributed by atoms with Crippen LogP contribution in [0.15, 0.2) is 42.5 Å². The fourth-order valence-corrected chi connectivity index (χ4v) is 3.49. The van der Waals surface area contributed by atoms with E-state index < -0.39 is 0 Å². The van der Waals surface area contributed by atoms with Crippen LogP contribution < -0.4 is 10.1 Å². The van der Waals surface area contributed by atoms with Gasteiger partial charge in [0.15, 0.2) is 11.6 Å². The molecular formula is C22H25ClFN3O3. The highest BCUT2D eigenvalue weighted by Crippen LogP contribution is 2.19. The molecule has 3 rings (SSSR count). The molecule has 1 fully saturated rings. The summed E-state index contributed by atoms with van der Waals surface area (Å²) in [5, 5.41) is 3.33. The van der Waals surface area contributed by atoms with E-state index in [1.165, 1.54) is 13.2 Å². The van der Waals surface area contributed by atoms with E-state index in [9.17, 15) is 14.0 Å². The van der Waals surface area contributed by atoms with Gasteiger partial charge in [-0.2, -0.15) is 0 Å². The van der Waals surface area contributed by atoms with Gasteiger partial charge in [-0.1, -0.05) is 17.7 Å². The summed E-state index contributed by atoms with van der Waals surface area (Å²) in [6.45, 7) is 3.57. The predicted octanol–water partition coefficient (Wildman–Crippen LogP) is 2.95. The van der Waals surface area contributed by atoms with Gasteiger partial charge in [-0.05, 0) is 42.0 Å². The predicted molar refractivity (Wildman–Crippen MR) is 113 cm³/mol. The number of amides is 2. The van der Waals surface area contributed by atoms with Crippen molar-refractivity contribution >= 4 is 23.4 Å². The third kappa shape index (κ3) is 5.93. The molecule has 0 unspecified atom stereocenters. The second-order valence-electron chi connectivity index (χ2n) is 7.14. The Bertz CT molecular complexity index is 884. The van der Waals surface area contributed by atoms with Crippen LogP contribution in [0.5, 0.6) is 5.75 Å². The van der Waals surface area contributed by atoms with Gasteiger partial charge < -0.3 is 15.0 Å². The lowest BCUT2D eigenvalue weighted by atomic mass is 10.1. The lowest BCUT2D eigenvalue weighted by molar-refractivity contribution is -0.132. The van der Waals surface area contributed by atoms with Crippen molar-refractivity contribution in [3.8, 4) is 5.75 Å². The summed E-state index contributed by atoms with van der Waals surface area (Å²) >= 11 is 5.82. The molecule has 0 saturated carbocycles. The van der Waals surface area contributed by atoms with E-state index in [2.05, 4.69) is 10.2 Å². The molecule has 0 bridgehead atoms. The van der Waals surface area contributed by atoms with Gasteiger partial charge in [0, 0.05) is 56.3 Å². The van der Waals surface area contributed by atoms with Crippen molar-refractivity contribution in [2.45, 2.75) is 13.0 Å². The Morgan fingerprint density at radius 2 is 1.80 bits per heavy atom. The molecule has 1 N–H and O–H groups in total. The topological polar surface area (TPSA) is 61.9 Å². The van der Waals surface area contributed by atoms with Crippen LogP contribution in [0.4, 0.5) is 4.39 Å². The molecule has 2 aromatic rings. The molecule has 0 aromatic heterocycles. The average Bonchev–Trinajstić information content (AvgIpc) is 2.74. The zero-order chi connectivity index (χ0) is 21.5. The van der Waals surface area contributed by atoms with Crippen molar-refractivity contribution in [1.82, 2.24) is 15.1 Å². The Kier molecular flexibility index (Phi) is 7.65. The number of benzene rings is 2. The third-order valence-electron chi connectivity index (χ3n) is 5.08. The summed E-state index contributed by atoms with van der Waals surface area (Å²) in [4.78, 5) is 28.5. The molecule has 0 aliphatic carbocycles. The Hall–Kier alpha value is -2.64. The Balaban J connectivity index is 1.39. The standard InChI is InChI=1S/C22H25ClFN3O3/c1-30-20-7-2-16(14-19(20)24)15-26-10-12-27(13-11-26)21(28)8-9-25-22(29)17-3-5-18(23)6-4-17/h2-7,14H,8-13,15H2,1H3,(H,25,29). The molecule has 2 amide bonds. The van der Waals surface area contributed by atoms with Gasteiger partial charge in [-0.3, -0.25) is 14.5 Å². The Labute approximate surface area is 180 Å². The number of nitrogens with one attached hydrogen (secondary N) is 1. The van der Waals surface area contributed by atoms with Crippen LogP contribution in [0.2, 0.25) is 5.02 Å². The second kappa shape index (κ2) is 10.4. The van der Waals surface area contributed by atoms with Gasteiger partial charge in [-0.15, -0.1) is 0 Å². The third-order valence-corrected chi connectivity index (χ3v) is 5.33. The van der Waals surface area contributed by atoms with Crippen LogP contribution in [0.1, 0.15) is 22.3 Å². The van der Waals surface area contributed by atoms with E-state index in [-0.39, 0.29) is 36.3 Å². The number of carbonyl (C=O) groups is 2. The highest BCUT2D eigenvalue weighted by molar-refractivity contribution is 6.30. The number of carbonyl (C=O) groups excluding carboxylic acids is 2. The van der Waals surface area contributed by atoms with E-state index in [1.807, 2.05) is 6.07 Å². The summed E-state index contributed by atoms with van der Waals surface area (Å²) in [6, 6.07) is 11.6. The minimum Gasteiger partial charge on any atom is -0.494 e. The maximum atomic E-state index is 13.8. The quantitative estimate of drug-likeness (QED) is 0.729. The van der Waals surface area contributed by atoms with Crippen molar-refractivity contribution in [1.29, 1.82) is 0 Å². The maximum Gasteiger partial charge on any atom is 0.251 e. The van der Waals surface area contributed by atoms with Crippen molar-refractivity contribution < 1.29 is 18.7 Å². The van der Waals surface area contributed by atoms with Crippen LogP contribution in [-0.2, 0) is 11.3 Å². The van der Waals surface area contributed by atoms with Crippen molar-refractivity contribution in [2.75, 3.05) is 39.8 Å². The number of rotatable bonds is 7. The monoisotopic (exact) mass is 433 g/mol. The largest absolute Gasteiger partial charge is 0.494 e. The fourth-order valence-electron chi connectivity index (χ4n) is 3.37. The molecule has 1 aliphatic heterocycles. The van der Waals surface area contributed by atoms with Crippen LogP contribution in [0, 0.1) is 5.82 Å². The molecule has 0 radical (unpaired) electrons. The highest BCUT2D eigenvalue weighted by atomic mass is 35.5. The van der Waals surface area contributed by atoms with Crippen molar-refractivity contribution in [3.05, 3.63) is 64.4 Å². The molecule has 0 atom stereocenters. The number of hydrogen-bond donors (Lipinski definition) is 1. The molecule has 1 aliphatic rings. The van der Waals surface area contributed by atoms with Crippen LogP contribution in [-0.4, -0.2) is 61.4 Å². The summed E-state index contributed by atoms with van der Waals surface area (Å²) in [5.74, 6) is -0.348. The Morgan fingerprint density at radius 3 is 2.43 bits per heavy atom. The zero-order valence-electron chi connectivity index (χ0n) is 16.9. The summed E-state index contributed by atoms with van der Waals surface area (Å²) in [6.07, 6.45) is 0.253. The Morgan fingerprint density at radius 1 is 1.10 bits per heavy atom. The molecule has 0 spiro atoms. The lowest BCUT2D eigenvalue weighted by Gasteiger charge is -2.34. The average molecular weight is 434 g/mol. The summed E-state index contributed by atoms with van der Waals surface area (Å²) in [7, 11) is 1.44. The van der Waals surface area contributed by atoms with Crippen LogP contribution in [0.3, 0.4) is 0 Å². The van der Waals surface area contributed by atoms with E-state index in [1.54, 1.807) is 35.2 Å². The molecule has 6 nitrogen and oxygen atoms in total. The molecular weight excluding hydrogens is 409 g/mol. The molecule has 1 saturated heterocycles. The summed E-state index contributed by atoms with van der Waals surface area (Å²) < 4.78 is 18.8. The number of ether oxygens (including phenoxy) is 1. The minimum absolute atomic E-state index is 0.0153. The SMILES string of the molecule is COc1ccc(CN2CCN(C(=O)CCNC(=O)c3ccc(Cl)cc3)CC2)cc1F. The second-order valence-corrected chi connectivity index (χ2v) is 7.58. The van der Waals surface area contributed by atoms with Crippen molar-refractivity contribution in [3.63, 3.8) is 0 Å². The van der Waals surface area contributed by atoms with E-state index >= 15 is 0 Å². The first-order valence-electron chi connectivity index (χ1n) is 9.82. The molecule has 8 heteroatoms. The van der Waals surface area contributed by atoms with Gasteiger partial charge in [0.2, 0.25) is 5.91 Å². The smallest absolute Gasteiger partial charge is 0.251 e. The van der Waals surface area contributed by atoms with Crippen molar-refractivity contribution in [2.24, 2.45) is 0 Å². The number of methoxy groups -OCH3 is 1. The van der Waals surface area contributed by atoms with Gasteiger partial charge in [0.05, 0.1) is 7.11 Å². The summed E-state index contributed by atoms with van der Waals surface area (Å²) in [5.41, 5.74) is 1.38. The minimum atomic E-state index is -0.371. The van der Waals surface area contributed by atoms with Crippen LogP contribution >= 0.6 is 11.6 Å².